The molecule has 0 N–H and O–H groups in total. The fourth-order valence-corrected chi connectivity index (χ4v) is 0.769. The maximum Gasteiger partial charge on any atom is 0.280 e. The lowest BCUT2D eigenvalue weighted by atomic mass is 10.4. The Morgan fingerprint density at radius 1 is 1.07 bits per heavy atom. The van der Waals surface area contributed by atoms with Crippen LogP contribution in [-0.4, -0.2) is 23.9 Å². The van der Waals surface area contributed by atoms with Gasteiger partial charge in [-0.1, -0.05) is 6.07 Å². The summed E-state index contributed by atoms with van der Waals surface area (Å²) in [4.78, 5) is 3.49. The molecular weight excluding hydrogens is 202 g/mol. The lowest BCUT2D eigenvalue weighted by molar-refractivity contribution is -0.0781. The Hall–Kier alpha value is -1.33. The van der Waals surface area contributed by atoms with Gasteiger partial charge >= 0.3 is 0 Å². The zero-order valence-corrected chi connectivity index (χ0v) is 6.91. The molecule has 0 saturated carbocycles. The molecule has 1 heterocycles. The van der Waals surface area contributed by atoms with E-state index in [1.54, 1.807) is 0 Å². The van der Waals surface area contributed by atoms with E-state index in [9.17, 15) is 17.6 Å². The highest BCUT2D eigenvalue weighted by molar-refractivity contribution is 5.09. The Kier molecular flexibility index (Phi) is 3.67. The largest absolute Gasteiger partial charge is 0.462 e. The molecule has 0 unspecified atom stereocenters. The molecule has 0 aliphatic carbocycles. The summed E-state index contributed by atoms with van der Waals surface area (Å²) in [5, 5.41) is 0. The van der Waals surface area contributed by atoms with Gasteiger partial charge in [-0.15, -0.1) is 0 Å². The van der Waals surface area contributed by atoms with Gasteiger partial charge in [-0.2, -0.15) is 0 Å². The molecule has 0 bridgehead atoms. The molecule has 0 saturated heterocycles. The first-order valence-electron chi connectivity index (χ1n) is 3.75. The minimum absolute atomic E-state index is 0.238. The summed E-state index contributed by atoms with van der Waals surface area (Å²) in [6.07, 6.45) is -7.64. The highest BCUT2D eigenvalue weighted by Gasteiger charge is 2.32. The lowest BCUT2D eigenvalue weighted by Gasteiger charge is -2.15. The summed E-state index contributed by atoms with van der Waals surface area (Å²) in [5.41, 5.74) is 0. The Morgan fingerprint density at radius 3 is 2.14 bits per heavy atom. The molecule has 6 heteroatoms. The van der Waals surface area contributed by atoms with Crippen LogP contribution in [0.5, 0.6) is 5.88 Å². The van der Waals surface area contributed by atoms with Gasteiger partial charge in [-0.05, 0) is 6.07 Å². The lowest BCUT2D eigenvalue weighted by Crippen LogP contribution is -2.33. The third-order valence-electron chi connectivity index (χ3n) is 1.39. The summed E-state index contributed by atoms with van der Waals surface area (Å²) in [6.45, 7) is 0. The number of aromatic nitrogens is 1. The Morgan fingerprint density at radius 2 is 1.71 bits per heavy atom. The quantitative estimate of drug-likeness (QED) is 0.710. The second-order valence-electron chi connectivity index (χ2n) is 2.42. The van der Waals surface area contributed by atoms with Gasteiger partial charge in [0.15, 0.2) is 0 Å². The molecule has 1 rings (SSSR count). The van der Waals surface area contributed by atoms with Gasteiger partial charge in [-0.3, -0.25) is 0 Å². The number of nitrogens with zero attached hydrogens (tertiary/aromatic N) is 1. The molecule has 1 aromatic rings. The van der Waals surface area contributed by atoms with E-state index in [1.807, 2.05) is 0 Å². The van der Waals surface area contributed by atoms with E-state index in [0.29, 0.717) is 0 Å². The standard InChI is InChI=1S/C8H7F4NO/c9-7(10)6(8(11)12)14-5-3-1-2-4-13-5/h1-4,6-8H. The van der Waals surface area contributed by atoms with E-state index in [0.717, 1.165) is 0 Å². The first-order valence-corrected chi connectivity index (χ1v) is 3.75. The Balaban J connectivity index is 2.65. The van der Waals surface area contributed by atoms with Gasteiger partial charge in [0.05, 0.1) is 0 Å². The van der Waals surface area contributed by atoms with Gasteiger partial charge in [0.25, 0.3) is 12.9 Å². The average Bonchev–Trinajstić information content (AvgIpc) is 2.15. The van der Waals surface area contributed by atoms with Gasteiger partial charge in [-0.25, -0.2) is 22.5 Å². The van der Waals surface area contributed by atoms with Crippen LogP contribution in [0.2, 0.25) is 0 Å². The van der Waals surface area contributed by atoms with Crippen molar-refractivity contribution >= 4 is 0 Å². The van der Waals surface area contributed by atoms with Crippen molar-refractivity contribution in [3.63, 3.8) is 0 Å². The molecule has 0 fully saturated rings. The molecule has 0 aliphatic rings. The smallest absolute Gasteiger partial charge is 0.280 e. The van der Waals surface area contributed by atoms with Crippen LogP contribution in [0, 0.1) is 0 Å². The number of pyridine rings is 1. The number of halogens is 4. The third kappa shape index (κ3) is 2.86. The monoisotopic (exact) mass is 209 g/mol. The van der Waals surface area contributed by atoms with E-state index in [1.165, 1.54) is 24.4 Å². The highest BCUT2D eigenvalue weighted by atomic mass is 19.3. The molecular formula is C8H7F4NO. The predicted molar refractivity (Wildman–Crippen MR) is 40.7 cm³/mol. The zero-order valence-electron chi connectivity index (χ0n) is 6.91. The topological polar surface area (TPSA) is 22.1 Å². The van der Waals surface area contributed by atoms with Crippen LogP contribution in [0.3, 0.4) is 0 Å². The van der Waals surface area contributed by atoms with E-state index >= 15 is 0 Å². The normalized spacial score (nSPS) is 11.4. The maximum atomic E-state index is 12.0. The van der Waals surface area contributed by atoms with Crippen LogP contribution in [0.15, 0.2) is 24.4 Å². The maximum absolute atomic E-state index is 12.0. The second-order valence-corrected chi connectivity index (χ2v) is 2.42. The molecule has 0 radical (unpaired) electrons. The molecule has 0 spiro atoms. The third-order valence-corrected chi connectivity index (χ3v) is 1.39. The van der Waals surface area contributed by atoms with E-state index in [2.05, 4.69) is 9.72 Å². The molecule has 0 aliphatic heterocycles. The van der Waals surface area contributed by atoms with Crippen LogP contribution in [0.25, 0.3) is 0 Å². The number of hydrogen-bond acceptors (Lipinski definition) is 2. The summed E-state index contributed by atoms with van der Waals surface area (Å²) in [7, 11) is 0. The van der Waals surface area contributed by atoms with Crippen molar-refractivity contribution in [3.8, 4) is 5.88 Å². The van der Waals surface area contributed by atoms with Crippen LogP contribution in [-0.2, 0) is 0 Å². The van der Waals surface area contributed by atoms with Gasteiger partial charge in [0.2, 0.25) is 12.0 Å². The van der Waals surface area contributed by atoms with Crippen molar-refractivity contribution in [3.05, 3.63) is 24.4 Å². The predicted octanol–water partition coefficient (Wildman–Crippen LogP) is 2.36. The minimum Gasteiger partial charge on any atom is -0.462 e. The highest BCUT2D eigenvalue weighted by Crippen LogP contribution is 2.17. The number of rotatable bonds is 4. The molecule has 1 aromatic heterocycles. The number of alkyl halides is 4. The van der Waals surface area contributed by atoms with Crippen molar-refractivity contribution in [2.75, 3.05) is 0 Å². The van der Waals surface area contributed by atoms with Crippen molar-refractivity contribution < 1.29 is 22.3 Å². The summed E-state index contributed by atoms with van der Waals surface area (Å²) >= 11 is 0. The van der Waals surface area contributed by atoms with Crippen molar-refractivity contribution in [1.29, 1.82) is 0 Å². The Labute approximate surface area is 77.5 Å². The van der Waals surface area contributed by atoms with Crippen molar-refractivity contribution in [2.45, 2.75) is 19.0 Å². The molecule has 0 amide bonds. The first-order chi connectivity index (χ1) is 6.61. The van der Waals surface area contributed by atoms with Gasteiger partial charge in [0.1, 0.15) is 0 Å². The summed E-state index contributed by atoms with van der Waals surface area (Å²) < 4.78 is 52.3. The zero-order chi connectivity index (χ0) is 10.6. The number of hydrogen-bond donors (Lipinski definition) is 0. The van der Waals surface area contributed by atoms with E-state index in [-0.39, 0.29) is 5.88 Å². The second kappa shape index (κ2) is 4.78. The summed E-state index contributed by atoms with van der Waals surface area (Å²) in [6, 6.07) is 4.21. The molecule has 78 valence electrons. The van der Waals surface area contributed by atoms with Gasteiger partial charge < -0.3 is 4.74 Å². The van der Waals surface area contributed by atoms with Gasteiger partial charge in [0, 0.05) is 12.3 Å². The first kappa shape index (κ1) is 10.7. The fourth-order valence-electron chi connectivity index (χ4n) is 0.769. The van der Waals surface area contributed by atoms with Crippen LogP contribution in [0.4, 0.5) is 17.6 Å². The SMILES string of the molecule is FC(F)C(Oc1ccccn1)C(F)F. The van der Waals surface area contributed by atoms with Crippen LogP contribution >= 0.6 is 0 Å². The molecule has 0 atom stereocenters. The van der Waals surface area contributed by atoms with E-state index in [4.69, 9.17) is 0 Å². The van der Waals surface area contributed by atoms with Crippen molar-refractivity contribution in [2.24, 2.45) is 0 Å². The Bertz CT molecular complexity index is 259. The molecule has 0 aromatic carbocycles. The molecule has 2 nitrogen and oxygen atoms in total. The minimum atomic E-state index is -3.24. The van der Waals surface area contributed by atoms with E-state index < -0.39 is 19.0 Å². The van der Waals surface area contributed by atoms with Crippen molar-refractivity contribution in [1.82, 2.24) is 4.98 Å². The molecule has 14 heavy (non-hydrogen) atoms. The fraction of sp³-hybridized carbons (Fsp3) is 0.375. The average molecular weight is 209 g/mol. The van der Waals surface area contributed by atoms with Crippen LogP contribution in [0.1, 0.15) is 0 Å². The number of ether oxygens (including phenoxy) is 1. The van der Waals surface area contributed by atoms with Crippen LogP contribution < -0.4 is 4.74 Å². The summed E-state index contributed by atoms with van der Waals surface area (Å²) in [5.74, 6) is -0.238.